The number of carbonyl (C=O) groups excluding carboxylic acids is 1. The van der Waals surface area contributed by atoms with Crippen molar-refractivity contribution in [3.8, 4) is 0 Å². The number of morpholine rings is 1. The predicted octanol–water partition coefficient (Wildman–Crippen LogP) is -0.922. The number of amides is 1. The zero-order valence-corrected chi connectivity index (χ0v) is 11.6. The highest BCUT2D eigenvalue weighted by Crippen LogP contribution is 2.22. The Bertz CT molecular complexity index is 582. The van der Waals surface area contributed by atoms with Crippen molar-refractivity contribution in [3.05, 3.63) is 12.3 Å². The summed E-state index contributed by atoms with van der Waals surface area (Å²) in [6, 6.07) is 0.736. The van der Waals surface area contributed by atoms with Crippen LogP contribution >= 0.6 is 0 Å². The van der Waals surface area contributed by atoms with Gasteiger partial charge in [0.25, 0.3) is 10.0 Å². The smallest absolute Gasteiger partial charge is 0.260 e. The largest absolute Gasteiger partial charge is 0.378 e. The van der Waals surface area contributed by atoms with E-state index in [1.54, 1.807) is 0 Å². The first-order valence-electron chi connectivity index (χ1n) is 6.48. The van der Waals surface area contributed by atoms with Gasteiger partial charge < -0.3 is 10.1 Å². The van der Waals surface area contributed by atoms with Gasteiger partial charge in [0, 0.05) is 12.6 Å². The van der Waals surface area contributed by atoms with Crippen LogP contribution in [0.3, 0.4) is 0 Å². The summed E-state index contributed by atoms with van der Waals surface area (Å²) in [4.78, 5) is 12.2. The summed E-state index contributed by atoms with van der Waals surface area (Å²) in [5.74, 6) is -0.296. The maximum atomic E-state index is 12.5. The second kappa shape index (κ2) is 5.15. The van der Waals surface area contributed by atoms with E-state index in [0.717, 1.165) is 12.8 Å². The first kappa shape index (κ1) is 13.5. The Hall–Kier alpha value is -1.45. The average Bonchev–Trinajstić information content (AvgIpc) is 3.08. The lowest BCUT2D eigenvalue weighted by molar-refractivity contribution is -0.129. The molecule has 1 unspecified atom stereocenters. The van der Waals surface area contributed by atoms with Crippen molar-refractivity contribution in [1.82, 2.24) is 19.8 Å². The van der Waals surface area contributed by atoms with E-state index < -0.39 is 16.1 Å². The molecule has 0 radical (unpaired) electrons. The van der Waals surface area contributed by atoms with Gasteiger partial charge in [-0.3, -0.25) is 9.89 Å². The fourth-order valence-electron chi connectivity index (χ4n) is 2.12. The van der Waals surface area contributed by atoms with Gasteiger partial charge in [-0.25, -0.2) is 8.42 Å². The Kier molecular flexibility index (Phi) is 3.48. The molecule has 2 aliphatic rings. The number of sulfonamides is 1. The zero-order chi connectivity index (χ0) is 14.2. The molecule has 1 saturated heterocycles. The van der Waals surface area contributed by atoms with Gasteiger partial charge in [0.2, 0.25) is 5.91 Å². The molecular formula is C11H16N4O4S. The molecule has 1 aliphatic heterocycles. The maximum absolute atomic E-state index is 12.5. The Morgan fingerprint density at radius 2 is 2.30 bits per heavy atom. The molecule has 3 rings (SSSR count). The number of hydrogen-bond acceptors (Lipinski definition) is 5. The van der Waals surface area contributed by atoms with Crippen LogP contribution in [0.25, 0.3) is 0 Å². The molecule has 20 heavy (non-hydrogen) atoms. The van der Waals surface area contributed by atoms with Crippen molar-refractivity contribution in [1.29, 1.82) is 0 Å². The van der Waals surface area contributed by atoms with Crippen LogP contribution < -0.4 is 5.32 Å². The van der Waals surface area contributed by atoms with Crippen LogP contribution in [0, 0.1) is 0 Å². The SMILES string of the molecule is O=C(NC1CC1)C1COCCN1S(=O)(=O)c1ccn[nH]1. The highest BCUT2D eigenvalue weighted by molar-refractivity contribution is 7.89. The van der Waals surface area contributed by atoms with Crippen LogP contribution in [0.4, 0.5) is 0 Å². The Morgan fingerprint density at radius 1 is 1.50 bits per heavy atom. The van der Waals surface area contributed by atoms with Gasteiger partial charge in [-0.15, -0.1) is 0 Å². The number of aromatic amines is 1. The highest BCUT2D eigenvalue weighted by atomic mass is 32.2. The van der Waals surface area contributed by atoms with E-state index in [2.05, 4.69) is 15.5 Å². The molecule has 1 aliphatic carbocycles. The van der Waals surface area contributed by atoms with Crippen LogP contribution in [0.1, 0.15) is 12.8 Å². The molecule has 0 aromatic carbocycles. The predicted molar refractivity (Wildman–Crippen MR) is 68.3 cm³/mol. The minimum absolute atomic E-state index is 0.0105. The van der Waals surface area contributed by atoms with Crippen LogP contribution in [0.2, 0.25) is 0 Å². The fourth-order valence-corrected chi connectivity index (χ4v) is 3.58. The number of carbonyl (C=O) groups is 1. The van der Waals surface area contributed by atoms with Crippen LogP contribution in [-0.2, 0) is 19.6 Å². The van der Waals surface area contributed by atoms with E-state index in [1.165, 1.54) is 16.6 Å². The van der Waals surface area contributed by atoms with Crippen molar-refractivity contribution in [2.24, 2.45) is 0 Å². The first-order chi connectivity index (χ1) is 9.59. The summed E-state index contributed by atoms with van der Waals surface area (Å²) in [6.45, 7) is 0.511. The molecule has 9 heteroatoms. The highest BCUT2D eigenvalue weighted by Gasteiger charge is 2.40. The Balaban J connectivity index is 1.82. The first-order valence-corrected chi connectivity index (χ1v) is 7.92. The van der Waals surface area contributed by atoms with E-state index in [4.69, 9.17) is 4.74 Å². The number of nitrogens with one attached hydrogen (secondary N) is 2. The number of aromatic nitrogens is 2. The quantitative estimate of drug-likeness (QED) is 0.748. The summed E-state index contributed by atoms with van der Waals surface area (Å²) < 4.78 is 31.4. The van der Waals surface area contributed by atoms with Crippen LogP contribution in [0.15, 0.2) is 17.3 Å². The van der Waals surface area contributed by atoms with E-state index in [-0.39, 0.29) is 36.7 Å². The molecule has 1 aromatic rings. The van der Waals surface area contributed by atoms with E-state index in [9.17, 15) is 13.2 Å². The summed E-state index contributed by atoms with van der Waals surface area (Å²) in [7, 11) is -3.75. The maximum Gasteiger partial charge on any atom is 0.260 e. The van der Waals surface area contributed by atoms with Gasteiger partial charge in [0.15, 0.2) is 5.03 Å². The molecule has 1 saturated carbocycles. The molecule has 0 bridgehead atoms. The molecule has 2 heterocycles. The third-order valence-corrected chi connectivity index (χ3v) is 5.21. The molecule has 8 nitrogen and oxygen atoms in total. The fraction of sp³-hybridized carbons (Fsp3) is 0.636. The summed E-state index contributed by atoms with van der Waals surface area (Å²) >= 11 is 0. The molecule has 2 fully saturated rings. The minimum Gasteiger partial charge on any atom is -0.378 e. The van der Waals surface area contributed by atoms with Gasteiger partial charge in [-0.05, 0) is 18.9 Å². The van der Waals surface area contributed by atoms with E-state index in [1.807, 2.05) is 0 Å². The normalized spacial score (nSPS) is 24.5. The number of nitrogens with zero attached hydrogens (tertiary/aromatic N) is 2. The number of rotatable bonds is 4. The Labute approximate surface area is 116 Å². The Morgan fingerprint density at radius 3 is 2.95 bits per heavy atom. The molecule has 1 aromatic heterocycles. The molecule has 0 spiro atoms. The zero-order valence-electron chi connectivity index (χ0n) is 10.8. The lowest BCUT2D eigenvalue weighted by atomic mass is 10.2. The second-order valence-corrected chi connectivity index (χ2v) is 6.77. The topological polar surface area (TPSA) is 104 Å². The molecule has 2 N–H and O–H groups in total. The van der Waals surface area contributed by atoms with Gasteiger partial charge in [-0.1, -0.05) is 0 Å². The van der Waals surface area contributed by atoms with Crippen molar-refractivity contribution in [2.75, 3.05) is 19.8 Å². The molecular weight excluding hydrogens is 284 g/mol. The summed E-state index contributed by atoms with van der Waals surface area (Å²) in [6.07, 6.45) is 3.27. The molecule has 1 atom stereocenters. The van der Waals surface area contributed by atoms with Crippen molar-refractivity contribution in [3.63, 3.8) is 0 Å². The second-order valence-electron chi connectivity index (χ2n) is 4.91. The average molecular weight is 300 g/mol. The van der Waals surface area contributed by atoms with Gasteiger partial charge in [-0.2, -0.15) is 9.40 Å². The van der Waals surface area contributed by atoms with Gasteiger partial charge >= 0.3 is 0 Å². The van der Waals surface area contributed by atoms with Crippen molar-refractivity contribution in [2.45, 2.75) is 30.0 Å². The van der Waals surface area contributed by atoms with Crippen molar-refractivity contribution < 1.29 is 17.9 Å². The summed E-state index contributed by atoms with van der Waals surface area (Å²) in [5, 5.41) is 8.89. The summed E-state index contributed by atoms with van der Waals surface area (Å²) in [5.41, 5.74) is 0. The third-order valence-electron chi connectivity index (χ3n) is 3.37. The number of hydrogen-bond donors (Lipinski definition) is 2. The van der Waals surface area contributed by atoms with Crippen molar-refractivity contribution >= 4 is 15.9 Å². The monoisotopic (exact) mass is 300 g/mol. The van der Waals surface area contributed by atoms with E-state index >= 15 is 0 Å². The van der Waals surface area contributed by atoms with Crippen LogP contribution in [-0.4, -0.2) is 60.7 Å². The number of ether oxygens (including phenoxy) is 1. The van der Waals surface area contributed by atoms with E-state index in [0.29, 0.717) is 0 Å². The lowest BCUT2D eigenvalue weighted by Gasteiger charge is -2.33. The van der Waals surface area contributed by atoms with Gasteiger partial charge in [0.05, 0.1) is 19.4 Å². The molecule has 1 amide bonds. The standard InChI is InChI=1S/C11H16N4O4S/c16-11(13-8-1-2-8)9-7-19-6-5-15(9)20(17,18)10-3-4-12-14-10/h3-4,8-9H,1-2,5-7H2,(H,12,14)(H,13,16). The molecule has 110 valence electrons. The van der Waals surface area contributed by atoms with Gasteiger partial charge in [0.1, 0.15) is 6.04 Å². The lowest BCUT2D eigenvalue weighted by Crippen LogP contribution is -2.56. The minimum atomic E-state index is -3.75. The van der Waals surface area contributed by atoms with Crippen LogP contribution in [0.5, 0.6) is 0 Å². The third kappa shape index (κ3) is 2.56. The number of H-pyrrole nitrogens is 1.